The Balaban J connectivity index is 0. The van der Waals surface area contributed by atoms with E-state index in [2.05, 4.69) is 35.1 Å². The first kappa shape index (κ1) is 18.7. The average molecular weight is 260 g/mol. The molecule has 7 heteroatoms. The Morgan fingerprint density at radius 3 is 1.56 bits per heavy atom. The molecule has 0 aliphatic heterocycles. The monoisotopic (exact) mass is 260 g/mol. The number of likely N-dealkylation sites (N-methyl/N-ethyl adjacent to an activating group) is 2. The lowest BCUT2D eigenvalue weighted by Crippen LogP contribution is -2.42. The molecule has 0 aromatic heterocycles. The molecule has 4 N–H and O–H groups in total. The zero-order valence-electron chi connectivity index (χ0n) is 11.6. The molecule has 0 atom stereocenters. The molecule has 0 saturated heterocycles. The van der Waals surface area contributed by atoms with Crippen molar-refractivity contribution in [3.05, 3.63) is 0 Å². The van der Waals surface area contributed by atoms with Crippen LogP contribution in [0.25, 0.3) is 0 Å². The first-order chi connectivity index (χ1) is 8.51. The molecule has 0 fully saturated rings. The fourth-order valence-corrected chi connectivity index (χ4v) is 0.732. The van der Waals surface area contributed by atoms with Crippen molar-refractivity contribution in [3.63, 3.8) is 0 Å². The molecule has 7 nitrogen and oxygen atoms in total. The second kappa shape index (κ2) is 13.4. The van der Waals surface area contributed by atoms with E-state index in [-0.39, 0.29) is 31.4 Å². The Morgan fingerprint density at radius 2 is 1.17 bits per heavy atom. The molecule has 0 aromatic carbocycles. The second-order valence-electron chi connectivity index (χ2n) is 3.46. The molecule has 0 aliphatic rings. The van der Waals surface area contributed by atoms with Gasteiger partial charge in [-0.25, -0.2) is 0 Å². The van der Waals surface area contributed by atoms with Gasteiger partial charge in [0.2, 0.25) is 17.7 Å². The Kier molecular flexibility index (Phi) is 14.0. The molecular weight excluding hydrogens is 236 g/mol. The molecular formula is C11H24N4O3. The number of hydrogen-bond acceptors (Lipinski definition) is 4. The molecule has 18 heavy (non-hydrogen) atoms. The van der Waals surface area contributed by atoms with Gasteiger partial charge in [0, 0.05) is 7.05 Å². The minimum absolute atomic E-state index is 0.0861. The van der Waals surface area contributed by atoms with Gasteiger partial charge >= 0.3 is 0 Å². The van der Waals surface area contributed by atoms with Crippen LogP contribution in [-0.4, -0.2) is 51.5 Å². The molecule has 0 saturated carbocycles. The number of carbonyl (C=O) groups is 3. The third-order valence-corrected chi connectivity index (χ3v) is 1.51. The van der Waals surface area contributed by atoms with Crippen LogP contribution in [0.15, 0.2) is 0 Å². The van der Waals surface area contributed by atoms with E-state index in [1.54, 1.807) is 7.05 Å². The maximum atomic E-state index is 11.0. The second-order valence-corrected chi connectivity index (χ2v) is 3.46. The van der Waals surface area contributed by atoms with Crippen molar-refractivity contribution >= 4 is 17.7 Å². The van der Waals surface area contributed by atoms with Crippen molar-refractivity contribution < 1.29 is 14.4 Å². The standard InChI is InChI=1S/C8H16N4O3.C3H8/c1-9-3-7(14)12-5-8(15)11-4-6(13)10-2;1-3-2/h9H,3-5H2,1-2H3,(H,10,13)(H,11,15)(H,12,14);3H2,1-2H3. The predicted octanol–water partition coefficient (Wildman–Crippen LogP) is -1.40. The normalized spacial score (nSPS) is 8.67. The number of carbonyl (C=O) groups excluding carboxylic acids is 3. The largest absolute Gasteiger partial charge is 0.358 e. The first-order valence-corrected chi connectivity index (χ1v) is 5.90. The molecule has 106 valence electrons. The zero-order chi connectivity index (χ0) is 14.4. The topological polar surface area (TPSA) is 99.3 Å². The van der Waals surface area contributed by atoms with Gasteiger partial charge in [0.25, 0.3) is 0 Å². The van der Waals surface area contributed by atoms with Gasteiger partial charge in [0.05, 0.1) is 19.6 Å². The molecule has 0 radical (unpaired) electrons. The maximum absolute atomic E-state index is 11.0. The molecule has 0 aromatic rings. The highest BCUT2D eigenvalue weighted by molar-refractivity contribution is 5.88. The minimum atomic E-state index is -0.400. The van der Waals surface area contributed by atoms with E-state index < -0.39 is 5.91 Å². The van der Waals surface area contributed by atoms with Gasteiger partial charge in [0.1, 0.15) is 0 Å². The van der Waals surface area contributed by atoms with Crippen molar-refractivity contribution in [1.29, 1.82) is 0 Å². The summed E-state index contributed by atoms with van der Waals surface area (Å²) in [6.45, 7) is 4.19. The summed E-state index contributed by atoms with van der Waals surface area (Å²) in [4.78, 5) is 32.7. The van der Waals surface area contributed by atoms with Crippen molar-refractivity contribution in [2.75, 3.05) is 33.7 Å². The van der Waals surface area contributed by atoms with Gasteiger partial charge in [-0.1, -0.05) is 20.3 Å². The Hall–Kier alpha value is -1.63. The summed E-state index contributed by atoms with van der Waals surface area (Å²) in [6.07, 6.45) is 1.25. The fraction of sp³-hybridized carbons (Fsp3) is 0.727. The predicted molar refractivity (Wildman–Crippen MR) is 70.0 cm³/mol. The van der Waals surface area contributed by atoms with Crippen LogP contribution in [0.4, 0.5) is 0 Å². The summed E-state index contributed by atoms with van der Waals surface area (Å²) in [5.74, 6) is -0.958. The third-order valence-electron chi connectivity index (χ3n) is 1.51. The van der Waals surface area contributed by atoms with Crippen LogP contribution in [0.5, 0.6) is 0 Å². The Bertz CT molecular complexity index is 257. The molecule has 0 rings (SSSR count). The summed E-state index contributed by atoms with van der Waals surface area (Å²) >= 11 is 0. The van der Waals surface area contributed by atoms with Crippen LogP contribution < -0.4 is 21.3 Å². The van der Waals surface area contributed by atoms with Crippen LogP contribution in [0, 0.1) is 0 Å². The molecule has 0 heterocycles. The number of nitrogens with one attached hydrogen (secondary N) is 4. The third kappa shape index (κ3) is 14.4. The van der Waals surface area contributed by atoms with Gasteiger partial charge in [-0.3, -0.25) is 14.4 Å². The van der Waals surface area contributed by atoms with E-state index in [1.807, 2.05) is 0 Å². The number of rotatable bonds is 6. The maximum Gasteiger partial charge on any atom is 0.239 e. The van der Waals surface area contributed by atoms with Gasteiger partial charge in [-0.2, -0.15) is 0 Å². The minimum Gasteiger partial charge on any atom is -0.358 e. The van der Waals surface area contributed by atoms with Gasteiger partial charge in [0.15, 0.2) is 0 Å². The molecule has 0 unspecified atom stereocenters. The highest BCUT2D eigenvalue weighted by Gasteiger charge is 2.05. The van der Waals surface area contributed by atoms with E-state index in [1.165, 1.54) is 13.5 Å². The van der Waals surface area contributed by atoms with Gasteiger partial charge in [-0.15, -0.1) is 0 Å². The molecule has 0 spiro atoms. The lowest BCUT2D eigenvalue weighted by atomic mass is 10.5. The van der Waals surface area contributed by atoms with Crippen molar-refractivity contribution in [3.8, 4) is 0 Å². The SMILES string of the molecule is CCC.CNCC(=O)NCC(=O)NCC(=O)NC. The lowest BCUT2D eigenvalue weighted by molar-refractivity contribution is -0.127. The first-order valence-electron chi connectivity index (χ1n) is 5.90. The summed E-state index contributed by atoms with van der Waals surface area (Å²) < 4.78 is 0. The van der Waals surface area contributed by atoms with Crippen LogP contribution in [0.3, 0.4) is 0 Å². The number of amides is 3. The highest BCUT2D eigenvalue weighted by atomic mass is 16.2. The van der Waals surface area contributed by atoms with Gasteiger partial charge in [-0.05, 0) is 7.05 Å². The van der Waals surface area contributed by atoms with Crippen molar-refractivity contribution in [1.82, 2.24) is 21.3 Å². The Morgan fingerprint density at radius 1 is 0.778 bits per heavy atom. The van der Waals surface area contributed by atoms with Crippen LogP contribution in [0.1, 0.15) is 20.3 Å². The average Bonchev–Trinajstić information content (AvgIpc) is 2.34. The van der Waals surface area contributed by atoms with Crippen LogP contribution in [-0.2, 0) is 14.4 Å². The molecule has 0 bridgehead atoms. The van der Waals surface area contributed by atoms with Crippen molar-refractivity contribution in [2.45, 2.75) is 20.3 Å². The smallest absolute Gasteiger partial charge is 0.239 e. The summed E-state index contributed by atoms with van der Waals surface area (Å²) in [5, 5.41) is 9.72. The molecule has 3 amide bonds. The fourth-order valence-electron chi connectivity index (χ4n) is 0.732. The lowest BCUT2D eigenvalue weighted by Gasteiger charge is -2.05. The zero-order valence-corrected chi connectivity index (χ0v) is 11.6. The van der Waals surface area contributed by atoms with E-state index >= 15 is 0 Å². The van der Waals surface area contributed by atoms with Crippen LogP contribution in [0.2, 0.25) is 0 Å². The van der Waals surface area contributed by atoms with Crippen LogP contribution >= 0.6 is 0 Å². The molecule has 0 aliphatic carbocycles. The number of hydrogen-bond donors (Lipinski definition) is 4. The highest BCUT2D eigenvalue weighted by Crippen LogP contribution is 1.67. The Labute approximate surface area is 108 Å². The van der Waals surface area contributed by atoms with Gasteiger partial charge < -0.3 is 21.3 Å². The van der Waals surface area contributed by atoms with E-state index in [0.29, 0.717) is 0 Å². The quantitative estimate of drug-likeness (QED) is 0.472. The van der Waals surface area contributed by atoms with E-state index in [4.69, 9.17) is 0 Å². The summed E-state index contributed by atoms with van der Waals surface area (Å²) in [6, 6.07) is 0. The summed E-state index contributed by atoms with van der Waals surface area (Å²) in [5.41, 5.74) is 0. The van der Waals surface area contributed by atoms with Crippen molar-refractivity contribution in [2.24, 2.45) is 0 Å². The van der Waals surface area contributed by atoms with E-state index in [9.17, 15) is 14.4 Å². The summed E-state index contributed by atoms with van der Waals surface area (Å²) in [7, 11) is 3.11. The van der Waals surface area contributed by atoms with E-state index in [0.717, 1.165) is 0 Å².